The van der Waals surface area contributed by atoms with Crippen LogP contribution in [-0.2, 0) is 4.74 Å². The van der Waals surface area contributed by atoms with E-state index >= 15 is 0 Å². The van der Waals surface area contributed by atoms with Crippen molar-refractivity contribution in [3.63, 3.8) is 0 Å². The Morgan fingerprint density at radius 3 is 2.41 bits per heavy atom. The van der Waals surface area contributed by atoms with Gasteiger partial charge in [-0.3, -0.25) is 4.79 Å². The van der Waals surface area contributed by atoms with Crippen molar-refractivity contribution >= 4 is 5.91 Å². The van der Waals surface area contributed by atoms with Crippen molar-refractivity contribution in [3.05, 3.63) is 47.5 Å². The Bertz CT molecular complexity index is 770. The van der Waals surface area contributed by atoms with Crippen LogP contribution in [0.5, 0.6) is 0 Å². The van der Waals surface area contributed by atoms with E-state index in [1.165, 1.54) is 18.3 Å². The lowest BCUT2D eigenvalue weighted by atomic mass is 10.0. The number of aromatic nitrogens is 2. The molecule has 9 heteroatoms. The first-order valence-corrected chi connectivity index (χ1v) is 8.37. The van der Waals surface area contributed by atoms with Gasteiger partial charge in [0.2, 0.25) is 0 Å². The number of amides is 1. The summed E-state index contributed by atoms with van der Waals surface area (Å²) in [6, 6.07) is 5.06. The topological polar surface area (TPSA) is 56.1 Å². The Morgan fingerprint density at radius 1 is 1.22 bits per heavy atom. The van der Waals surface area contributed by atoms with Crippen LogP contribution < -0.4 is 5.32 Å². The van der Waals surface area contributed by atoms with Crippen LogP contribution in [0.2, 0.25) is 0 Å². The number of carbonyl (C=O) groups is 1. The minimum atomic E-state index is -4.41. The van der Waals surface area contributed by atoms with Gasteiger partial charge in [-0.05, 0) is 37.1 Å². The van der Waals surface area contributed by atoms with E-state index in [0.29, 0.717) is 16.9 Å². The summed E-state index contributed by atoms with van der Waals surface area (Å²) in [5.41, 5.74) is 1.51. The number of alkyl halides is 3. The molecule has 148 valence electrons. The first-order chi connectivity index (χ1) is 12.6. The lowest BCUT2D eigenvalue weighted by Crippen LogP contribution is -2.37. The third-order valence-electron chi connectivity index (χ3n) is 3.68. The predicted molar refractivity (Wildman–Crippen MR) is 91.4 cm³/mol. The van der Waals surface area contributed by atoms with Crippen molar-refractivity contribution in [1.82, 2.24) is 15.1 Å². The minimum Gasteiger partial charge on any atom is -0.370 e. The van der Waals surface area contributed by atoms with Crippen LogP contribution in [0.1, 0.15) is 42.7 Å². The smallest absolute Gasteiger partial charge is 0.370 e. The highest BCUT2D eigenvalue weighted by molar-refractivity contribution is 5.95. The van der Waals surface area contributed by atoms with E-state index in [1.807, 2.05) is 13.8 Å². The summed E-state index contributed by atoms with van der Waals surface area (Å²) in [6.45, 7) is 3.67. The molecular weight excluding hydrogens is 366 g/mol. The highest BCUT2D eigenvalue weighted by atomic mass is 19.4. The van der Waals surface area contributed by atoms with Gasteiger partial charge in [-0.25, -0.2) is 9.07 Å². The van der Waals surface area contributed by atoms with Crippen LogP contribution in [0.15, 0.2) is 30.5 Å². The van der Waals surface area contributed by atoms with E-state index in [0.717, 1.165) is 0 Å². The van der Waals surface area contributed by atoms with Crippen molar-refractivity contribution in [1.29, 1.82) is 0 Å². The quantitative estimate of drug-likeness (QED) is 0.735. The van der Waals surface area contributed by atoms with Crippen LogP contribution in [0.4, 0.5) is 17.6 Å². The zero-order chi connectivity index (χ0) is 20.2. The first-order valence-electron chi connectivity index (χ1n) is 8.37. The molecule has 0 unspecified atom stereocenters. The number of hydrogen-bond acceptors (Lipinski definition) is 3. The SMILES string of the molecule is CC(C)c1c(C(=O)N[C@H](C)COCC(F)(F)F)cnn1-c1ccc(F)cc1. The molecule has 1 aromatic carbocycles. The van der Waals surface area contributed by atoms with E-state index in [1.54, 1.807) is 23.7 Å². The first kappa shape index (κ1) is 20.9. The number of carbonyl (C=O) groups excluding carboxylic acids is 1. The lowest BCUT2D eigenvalue weighted by molar-refractivity contribution is -0.174. The molecule has 0 spiro atoms. The summed E-state index contributed by atoms with van der Waals surface area (Å²) in [7, 11) is 0. The van der Waals surface area contributed by atoms with Gasteiger partial charge in [-0.2, -0.15) is 18.3 Å². The highest BCUT2D eigenvalue weighted by Crippen LogP contribution is 2.23. The Labute approximate surface area is 154 Å². The number of halogens is 4. The molecule has 0 aliphatic heterocycles. The van der Waals surface area contributed by atoms with Crippen molar-refractivity contribution in [2.75, 3.05) is 13.2 Å². The summed E-state index contributed by atoms with van der Waals surface area (Å²) in [5, 5.41) is 6.82. The van der Waals surface area contributed by atoms with Gasteiger partial charge in [0.05, 0.1) is 29.7 Å². The summed E-state index contributed by atoms with van der Waals surface area (Å²) >= 11 is 0. The molecule has 1 heterocycles. The molecule has 0 radical (unpaired) electrons. The molecule has 27 heavy (non-hydrogen) atoms. The van der Waals surface area contributed by atoms with E-state index in [-0.39, 0.29) is 18.3 Å². The van der Waals surface area contributed by atoms with E-state index < -0.39 is 24.7 Å². The second-order valence-corrected chi connectivity index (χ2v) is 6.49. The van der Waals surface area contributed by atoms with Crippen LogP contribution in [-0.4, -0.2) is 41.1 Å². The van der Waals surface area contributed by atoms with Gasteiger partial charge < -0.3 is 10.1 Å². The molecule has 5 nitrogen and oxygen atoms in total. The number of hydrogen-bond donors (Lipinski definition) is 1. The monoisotopic (exact) mass is 387 g/mol. The van der Waals surface area contributed by atoms with Gasteiger partial charge in [-0.1, -0.05) is 13.8 Å². The van der Waals surface area contributed by atoms with Crippen molar-refractivity contribution in [2.24, 2.45) is 0 Å². The van der Waals surface area contributed by atoms with Crippen molar-refractivity contribution in [2.45, 2.75) is 38.9 Å². The molecule has 1 N–H and O–H groups in total. The van der Waals surface area contributed by atoms with Gasteiger partial charge in [0, 0.05) is 6.04 Å². The van der Waals surface area contributed by atoms with Crippen LogP contribution >= 0.6 is 0 Å². The normalized spacial score (nSPS) is 13.0. The fraction of sp³-hybridized carbons (Fsp3) is 0.444. The average molecular weight is 387 g/mol. The lowest BCUT2D eigenvalue weighted by Gasteiger charge is -2.16. The van der Waals surface area contributed by atoms with E-state index in [4.69, 9.17) is 0 Å². The van der Waals surface area contributed by atoms with Gasteiger partial charge in [0.15, 0.2) is 0 Å². The average Bonchev–Trinajstić information content (AvgIpc) is 2.99. The van der Waals surface area contributed by atoms with Crippen LogP contribution in [0.3, 0.4) is 0 Å². The summed E-state index contributed by atoms with van der Waals surface area (Å²) in [5.74, 6) is -0.923. The Kier molecular flexibility index (Phi) is 6.59. The summed E-state index contributed by atoms with van der Waals surface area (Å²) in [6.07, 6.45) is -3.03. The van der Waals surface area contributed by atoms with Gasteiger partial charge in [0.1, 0.15) is 12.4 Å². The molecule has 0 bridgehead atoms. The van der Waals surface area contributed by atoms with Gasteiger partial charge in [-0.15, -0.1) is 0 Å². The molecule has 0 aliphatic carbocycles. The highest BCUT2D eigenvalue weighted by Gasteiger charge is 2.28. The molecule has 0 saturated carbocycles. The second-order valence-electron chi connectivity index (χ2n) is 6.49. The summed E-state index contributed by atoms with van der Waals surface area (Å²) < 4.78 is 55.6. The number of benzene rings is 1. The number of nitrogens with zero attached hydrogens (tertiary/aromatic N) is 2. The minimum absolute atomic E-state index is 0.0740. The maximum atomic E-state index is 13.1. The van der Waals surface area contributed by atoms with Crippen molar-refractivity contribution in [3.8, 4) is 5.69 Å². The zero-order valence-corrected chi connectivity index (χ0v) is 15.2. The predicted octanol–water partition coefficient (Wildman–Crippen LogP) is 3.83. The number of rotatable bonds is 7. The number of ether oxygens (including phenoxy) is 1. The molecular formula is C18H21F4N3O2. The zero-order valence-electron chi connectivity index (χ0n) is 15.2. The van der Waals surface area contributed by atoms with Gasteiger partial charge in [0.25, 0.3) is 5.91 Å². The molecule has 2 rings (SSSR count). The Hall–Kier alpha value is -2.42. The Balaban J connectivity index is 2.13. The maximum Gasteiger partial charge on any atom is 0.411 e. The molecule has 0 saturated heterocycles. The third-order valence-corrected chi connectivity index (χ3v) is 3.68. The number of nitrogens with one attached hydrogen (secondary N) is 1. The van der Waals surface area contributed by atoms with E-state index in [9.17, 15) is 22.4 Å². The Morgan fingerprint density at radius 2 is 1.85 bits per heavy atom. The van der Waals surface area contributed by atoms with Crippen LogP contribution in [0.25, 0.3) is 5.69 Å². The fourth-order valence-electron chi connectivity index (χ4n) is 2.57. The van der Waals surface area contributed by atoms with Crippen molar-refractivity contribution < 1.29 is 27.1 Å². The van der Waals surface area contributed by atoms with Crippen LogP contribution in [0, 0.1) is 5.82 Å². The van der Waals surface area contributed by atoms with E-state index in [2.05, 4.69) is 15.2 Å². The molecule has 0 fully saturated rings. The largest absolute Gasteiger partial charge is 0.411 e. The maximum absolute atomic E-state index is 13.1. The second kappa shape index (κ2) is 8.51. The third kappa shape index (κ3) is 5.78. The molecule has 1 amide bonds. The standard InChI is InChI=1S/C18H21F4N3O2/c1-11(2)16-15(8-23-25(16)14-6-4-13(19)5-7-14)17(26)24-12(3)9-27-10-18(20,21)22/h4-8,11-12H,9-10H2,1-3H3,(H,24,26)/t12-/m1/s1. The molecule has 2 aromatic rings. The van der Waals surface area contributed by atoms with Gasteiger partial charge >= 0.3 is 6.18 Å². The summed E-state index contributed by atoms with van der Waals surface area (Å²) in [4.78, 5) is 12.5. The molecule has 1 aromatic heterocycles. The fourth-order valence-corrected chi connectivity index (χ4v) is 2.57. The molecule has 1 atom stereocenters. The molecule has 0 aliphatic rings.